The normalized spacial score (nSPS) is 15.7. The van der Waals surface area contributed by atoms with Crippen LogP contribution in [0, 0.1) is 0 Å². The second-order valence-corrected chi connectivity index (χ2v) is 8.31. The Kier molecular flexibility index (Phi) is 6.58. The molecule has 0 spiro atoms. The minimum atomic E-state index is -0.258. The Bertz CT molecular complexity index is 991. The van der Waals surface area contributed by atoms with E-state index in [1.54, 1.807) is 0 Å². The van der Waals surface area contributed by atoms with Crippen molar-refractivity contribution >= 4 is 28.5 Å². The lowest BCUT2D eigenvalue weighted by molar-refractivity contribution is -0.131. The number of nitrogens with zero attached hydrogens (tertiary/aromatic N) is 3. The molecule has 1 unspecified atom stereocenters. The lowest BCUT2D eigenvalue weighted by Gasteiger charge is -2.21. The van der Waals surface area contributed by atoms with E-state index in [0.29, 0.717) is 18.0 Å². The molecule has 0 radical (unpaired) electrons. The van der Waals surface area contributed by atoms with Gasteiger partial charge in [0.15, 0.2) is 11.9 Å². The van der Waals surface area contributed by atoms with E-state index >= 15 is 0 Å². The molecular weight excluding hydrogens is 398 g/mol. The van der Waals surface area contributed by atoms with Gasteiger partial charge in [-0.3, -0.25) is 4.79 Å². The number of aromatic nitrogens is 2. The van der Waals surface area contributed by atoms with Gasteiger partial charge >= 0.3 is 0 Å². The molecule has 2 aromatic carbocycles. The van der Waals surface area contributed by atoms with Crippen molar-refractivity contribution in [3.63, 3.8) is 0 Å². The standard InChI is InChI=1S/C24H28ClN3O2/c1-18(30-20-12-10-19(25)11-13-20)24-26-21-8-4-5-9-22(21)28(24)17-14-23(29)27-15-6-2-3-7-16-27/h4-5,8-13,18H,2-3,6-7,14-17H2,1H3. The number of hydrogen-bond donors (Lipinski definition) is 0. The number of fused-ring (bicyclic) bond motifs is 1. The number of amides is 1. The minimum Gasteiger partial charge on any atom is -0.483 e. The van der Waals surface area contributed by atoms with Gasteiger partial charge in [0, 0.05) is 31.1 Å². The maximum absolute atomic E-state index is 12.8. The van der Waals surface area contributed by atoms with Crippen LogP contribution in [0.25, 0.3) is 11.0 Å². The Morgan fingerprint density at radius 1 is 1.07 bits per heavy atom. The summed E-state index contributed by atoms with van der Waals surface area (Å²) in [6.07, 6.45) is 4.88. The highest BCUT2D eigenvalue weighted by Gasteiger charge is 2.20. The highest BCUT2D eigenvalue weighted by molar-refractivity contribution is 6.30. The van der Waals surface area contributed by atoms with E-state index in [2.05, 4.69) is 10.6 Å². The molecular formula is C24H28ClN3O2. The third-order valence-electron chi connectivity index (χ3n) is 5.68. The topological polar surface area (TPSA) is 47.4 Å². The van der Waals surface area contributed by atoms with E-state index < -0.39 is 0 Å². The summed E-state index contributed by atoms with van der Waals surface area (Å²) in [6, 6.07) is 15.4. The van der Waals surface area contributed by atoms with Gasteiger partial charge < -0.3 is 14.2 Å². The number of hydrogen-bond acceptors (Lipinski definition) is 3. The molecule has 0 N–H and O–H groups in total. The van der Waals surface area contributed by atoms with Crippen molar-refractivity contribution in [2.24, 2.45) is 0 Å². The third kappa shape index (κ3) is 4.78. The third-order valence-corrected chi connectivity index (χ3v) is 5.93. The smallest absolute Gasteiger partial charge is 0.224 e. The van der Waals surface area contributed by atoms with E-state index in [1.165, 1.54) is 12.8 Å². The van der Waals surface area contributed by atoms with Crippen LogP contribution in [0.1, 0.15) is 51.0 Å². The summed E-state index contributed by atoms with van der Waals surface area (Å²) in [4.78, 5) is 19.7. The van der Waals surface area contributed by atoms with Gasteiger partial charge in [-0.05, 0) is 56.2 Å². The van der Waals surface area contributed by atoms with Crippen molar-refractivity contribution in [2.45, 2.75) is 51.7 Å². The first-order valence-corrected chi connectivity index (χ1v) is 11.1. The summed E-state index contributed by atoms with van der Waals surface area (Å²) >= 11 is 5.98. The summed E-state index contributed by atoms with van der Waals surface area (Å²) in [6.45, 7) is 4.35. The van der Waals surface area contributed by atoms with E-state index in [0.717, 1.165) is 48.5 Å². The van der Waals surface area contributed by atoms with Crippen LogP contribution in [-0.4, -0.2) is 33.4 Å². The van der Waals surface area contributed by atoms with Gasteiger partial charge in [-0.25, -0.2) is 4.98 Å². The summed E-state index contributed by atoms with van der Waals surface area (Å²) in [5.41, 5.74) is 1.95. The Hall–Kier alpha value is -2.53. The predicted molar refractivity (Wildman–Crippen MR) is 120 cm³/mol. The molecule has 2 heterocycles. The number of imidazole rings is 1. The van der Waals surface area contributed by atoms with Crippen LogP contribution >= 0.6 is 11.6 Å². The Morgan fingerprint density at radius 2 is 1.77 bits per heavy atom. The van der Waals surface area contributed by atoms with E-state index in [4.69, 9.17) is 21.3 Å². The maximum Gasteiger partial charge on any atom is 0.224 e. The van der Waals surface area contributed by atoms with Crippen molar-refractivity contribution in [2.75, 3.05) is 13.1 Å². The zero-order valence-electron chi connectivity index (χ0n) is 17.4. The molecule has 0 bridgehead atoms. The number of carbonyl (C=O) groups is 1. The molecule has 5 nitrogen and oxygen atoms in total. The lowest BCUT2D eigenvalue weighted by atomic mass is 10.2. The molecule has 1 amide bonds. The number of aryl methyl sites for hydroxylation is 1. The first-order valence-electron chi connectivity index (χ1n) is 10.8. The number of benzene rings is 2. The molecule has 4 rings (SSSR count). The Morgan fingerprint density at radius 3 is 2.50 bits per heavy atom. The van der Waals surface area contributed by atoms with E-state index in [9.17, 15) is 4.79 Å². The SMILES string of the molecule is CC(Oc1ccc(Cl)cc1)c1nc2ccccc2n1CCC(=O)N1CCCCCC1. The average Bonchev–Trinajstić information content (AvgIpc) is 2.92. The maximum atomic E-state index is 12.8. The van der Waals surface area contributed by atoms with Gasteiger partial charge in [0.2, 0.25) is 5.91 Å². The zero-order chi connectivity index (χ0) is 20.9. The summed E-state index contributed by atoms with van der Waals surface area (Å²) in [5.74, 6) is 1.80. The number of para-hydroxylation sites is 2. The van der Waals surface area contributed by atoms with Crippen molar-refractivity contribution < 1.29 is 9.53 Å². The fraction of sp³-hybridized carbons (Fsp3) is 0.417. The molecule has 1 atom stereocenters. The van der Waals surface area contributed by atoms with Crippen LogP contribution in [0.15, 0.2) is 48.5 Å². The van der Waals surface area contributed by atoms with E-state index in [1.807, 2.05) is 54.3 Å². The largest absolute Gasteiger partial charge is 0.483 e. The number of ether oxygens (including phenoxy) is 1. The summed E-state index contributed by atoms with van der Waals surface area (Å²) in [5, 5.41) is 0.675. The first kappa shape index (κ1) is 20.7. The number of likely N-dealkylation sites (tertiary alicyclic amines) is 1. The average molecular weight is 426 g/mol. The van der Waals surface area contributed by atoms with Crippen LogP contribution in [0.5, 0.6) is 5.75 Å². The van der Waals surface area contributed by atoms with Crippen LogP contribution in [0.4, 0.5) is 0 Å². The van der Waals surface area contributed by atoms with Gasteiger partial charge in [-0.1, -0.05) is 36.6 Å². The van der Waals surface area contributed by atoms with Crippen molar-refractivity contribution in [3.05, 3.63) is 59.4 Å². The fourth-order valence-electron chi connectivity index (χ4n) is 4.10. The molecule has 1 saturated heterocycles. The monoisotopic (exact) mass is 425 g/mol. The molecule has 30 heavy (non-hydrogen) atoms. The molecule has 0 aliphatic carbocycles. The van der Waals surface area contributed by atoms with Crippen molar-refractivity contribution in [1.82, 2.24) is 14.5 Å². The van der Waals surface area contributed by atoms with E-state index in [-0.39, 0.29) is 12.0 Å². The summed E-state index contributed by atoms with van der Waals surface area (Å²) < 4.78 is 8.26. The number of carbonyl (C=O) groups excluding carboxylic acids is 1. The molecule has 158 valence electrons. The molecule has 6 heteroatoms. The highest BCUT2D eigenvalue weighted by Crippen LogP contribution is 2.26. The molecule has 1 aliphatic heterocycles. The van der Waals surface area contributed by atoms with Crippen LogP contribution in [0.3, 0.4) is 0 Å². The number of halogens is 1. The summed E-state index contributed by atoms with van der Waals surface area (Å²) in [7, 11) is 0. The minimum absolute atomic E-state index is 0.229. The second-order valence-electron chi connectivity index (χ2n) is 7.87. The van der Waals surface area contributed by atoms with Crippen molar-refractivity contribution in [3.8, 4) is 5.75 Å². The zero-order valence-corrected chi connectivity index (χ0v) is 18.1. The Balaban J connectivity index is 1.53. The second kappa shape index (κ2) is 9.52. The molecule has 0 saturated carbocycles. The van der Waals surface area contributed by atoms with Crippen LogP contribution < -0.4 is 4.74 Å². The number of rotatable bonds is 6. The van der Waals surface area contributed by atoms with Crippen LogP contribution in [0.2, 0.25) is 5.02 Å². The quantitative estimate of drug-likeness (QED) is 0.514. The predicted octanol–water partition coefficient (Wildman–Crippen LogP) is 5.62. The highest BCUT2D eigenvalue weighted by atomic mass is 35.5. The molecule has 1 aromatic heterocycles. The van der Waals surface area contributed by atoms with Gasteiger partial charge in [0.05, 0.1) is 11.0 Å². The van der Waals surface area contributed by atoms with Crippen molar-refractivity contribution in [1.29, 1.82) is 0 Å². The van der Waals surface area contributed by atoms with Crippen LogP contribution in [-0.2, 0) is 11.3 Å². The van der Waals surface area contributed by atoms with Gasteiger partial charge in [-0.2, -0.15) is 0 Å². The molecule has 1 fully saturated rings. The van der Waals surface area contributed by atoms with Gasteiger partial charge in [0.1, 0.15) is 5.75 Å². The molecule has 1 aliphatic rings. The molecule has 3 aromatic rings. The fourth-order valence-corrected chi connectivity index (χ4v) is 4.22. The van der Waals surface area contributed by atoms with Gasteiger partial charge in [-0.15, -0.1) is 0 Å². The lowest BCUT2D eigenvalue weighted by Crippen LogP contribution is -2.32. The first-order chi connectivity index (χ1) is 14.6. The van der Waals surface area contributed by atoms with Gasteiger partial charge in [0.25, 0.3) is 0 Å². The Labute approximate surface area is 182 Å².